The summed E-state index contributed by atoms with van der Waals surface area (Å²) in [5, 5.41) is 8.64. The zero-order valence-corrected chi connectivity index (χ0v) is 11.1. The minimum Gasteiger partial charge on any atom is -0.384 e. The summed E-state index contributed by atoms with van der Waals surface area (Å²) in [5.41, 5.74) is 0. The van der Waals surface area contributed by atoms with Crippen molar-refractivity contribution in [2.24, 2.45) is 5.92 Å². The van der Waals surface area contributed by atoms with E-state index in [0.29, 0.717) is 0 Å². The fraction of sp³-hybridized carbons (Fsp3) is 0.571. The number of hydrogen-bond acceptors (Lipinski definition) is 3. The van der Waals surface area contributed by atoms with Crippen LogP contribution in [0.2, 0.25) is 0 Å². The number of aliphatic hydroxyl groups excluding tert-OH is 1. The van der Waals surface area contributed by atoms with E-state index in [1.807, 2.05) is 0 Å². The maximum absolute atomic E-state index is 8.64. The molecule has 0 bridgehead atoms. The molecule has 0 radical (unpaired) electrons. The van der Waals surface area contributed by atoms with Gasteiger partial charge in [-0.3, -0.25) is 4.90 Å². The number of aliphatic hydroxyl groups is 1. The second kappa shape index (κ2) is 6.20. The van der Waals surface area contributed by atoms with Crippen LogP contribution < -0.4 is 0 Å². The van der Waals surface area contributed by atoms with Gasteiger partial charge < -0.3 is 5.11 Å². The molecular formula is C14H19NOS. The van der Waals surface area contributed by atoms with E-state index in [1.54, 1.807) is 11.3 Å². The van der Waals surface area contributed by atoms with Gasteiger partial charge in [-0.25, -0.2) is 0 Å². The van der Waals surface area contributed by atoms with E-state index in [-0.39, 0.29) is 6.61 Å². The summed E-state index contributed by atoms with van der Waals surface area (Å²) in [6, 6.07) is 4.21. The molecule has 1 aliphatic rings. The predicted octanol–water partition coefficient (Wildman–Crippen LogP) is 2.32. The van der Waals surface area contributed by atoms with E-state index in [2.05, 4.69) is 35.8 Å². The van der Waals surface area contributed by atoms with Crippen molar-refractivity contribution < 1.29 is 5.11 Å². The first kappa shape index (κ1) is 12.6. The van der Waals surface area contributed by atoms with Crippen LogP contribution in [0.5, 0.6) is 0 Å². The van der Waals surface area contributed by atoms with Crippen LogP contribution in [0.25, 0.3) is 0 Å². The van der Waals surface area contributed by atoms with E-state index >= 15 is 0 Å². The molecule has 2 heterocycles. The van der Waals surface area contributed by atoms with Crippen LogP contribution in [0.4, 0.5) is 0 Å². The van der Waals surface area contributed by atoms with E-state index < -0.39 is 0 Å². The maximum atomic E-state index is 8.64. The van der Waals surface area contributed by atoms with Gasteiger partial charge in [0.15, 0.2) is 0 Å². The molecule has 2 nitrogen and oxygen atoms in total. The minimum absolute atomic E-state index is 0.0583. The zero-order valence-electron chi connectivity index (χ0n) is 10.3. The lowest BCUT2D eigenvalue weighted by atomic mass is 9.99. The minimum atomic E-state index is -0.0583. The molecule has 92 valence electrons. The number of nitrogens with zero attached hydrogens (tertiary/aromatic N) is 1. The molecule has 0 spiro atoms. The molecule has 1 saturated heterocycles. The van der Waals surface area contributed by atoms with Gasteiger partial charge in [0.1, 0.15) is 6.61 Å². The van der Waals surface area contributed by atoms with Gasteiger partial charge in [0.25, 0.3) is 0 Å². The second-order valence-corrected chi connectivity index (χ2v) is 5.85. The molecule has 17 heavy (non-hydrogen) atoms. The molecular weight excluding hydrogens is 230 g/mol. The first-order chi connectivity index (χ1) is 8.28. The summed E-state index contributed by atoms with van der Waals surface area (Å²) in [7, 11) is 0. The Balaban J connectivity index is 1.88. The molecule has 0 unspecified atom stereocenters. The van der Waals surface area contributed by atoms with Crippen LogP contribution in [-0.4, -0.2) is 29.7 Å². The van der Waals surface area contributed by atoms with Gasteiger partial charge in [0, 0.05) is 11.4 Å². The Morgan fingerprint density at radius 1 is 1.41 bits per heavy atom. The van der Waals surface area contributed by atoms with Gasteiger partial charge in [0.2, 0.25) is 0 Å². The van der Waals surface area contributed by atoms with Crippen LogP contribution in [0.1, 0.15) is 29.5 Å². The van der Waals surface area contributed by atoms with Gasteiger partial charge in [0.05, 0.1) is 4.88 Å². The Labute approximate surface area is 107 Å². The molecule has 0 saturated carbocycles. The molecule has 1 aliphatic heterocycles. The fourth-order valence-electron chi connectivity index (χ4n) is 2.10. The highest BCUT2D eigenvalue weighted by molar-refractivity contribution is 7.12. The Morgan fingerprint density at radius 3 is 2.88 bits per heavy atom. The van der Waals surface area contributed by atoms with E-state index in [9.17, 15) is 0 Å². The molecule has 1 fully saturated rings. The van der Waals surface area contributed by atoms with Crippen molar-refractivity contribution in [2.45, 2.75) is 26.3 Å². The van der Waals surface area contributed by atoms with Gasteiger partial charge >= 0.3 is 0 Å². The highest BCUT2D eigenvalue weighted by Gasteiger charge is 2.16. The van der Waals surface area contributed by atoms with Gasteiger partial charge in [-0.1, -0.05) is 18.8 Å². The number of piperidine rings is 1. The van der Waals surface area contributed by atoms with Crippen molar-refractivity contribution in [1.82, 2.24) is 4.90 Å². The van der Waals surface area contributed by atoms with Crippen LogP contribution in [0.3, 0.4) is 0 Å². The number of hydrogen-bond donors (Lipinski definition) is 1. The molecule has 3 heteroatoms. The summed E-state index contributed by atoms with van der Waals surface area (Å²) < 4.78 is 0. The first-order valence-corrected chi connectivity index (χ1v) is 7.00. The van der Waals surface area contributed by atoms with Crippen molar-refractivity contribution in [3.63, 3.8) is 0 Å². The van der Waals surface area contributed by atoms with Crippen molar-refractivity contribution in [3.8, 4) is 11.8 Å². The normalized spacial score (nSPS) is 17.8. The lowest BCUT2D eigenvalue weighted by Crippen LogP contribution is -2.32. The third-order valence-electron chi connectivity index (χ3n) is 3.21. The number of thiophene rings is 1. The summed E-state index contributed by atoms with van der Waals surface area (Å²) in [6.07, 6.45) is 2.64. The van der Waals surface area contributed by atoms with Crippen LogP contribution in [-0.2, 0) is 6.54 Å². The monoisotopic (exact) mass is 249 g/mol. The molecule has 0 aliphatic carbocycles. The van der Waals surface area contributed by atoms with Gasteiger partial charge in [-0.2, -0.15) is 0 Å². The topological polar surface area (TPSA) is 23.5 Å². The molecule has 1 aromatic heterocycles. The molecule has 0 aromatic carbocycles. The summed E-state index contributed by atoms with van der Waals surface area (Å²) in [6.45, 7) is 5.77. The molecule has 0 amide bonds. The molecule has 1 aromatic rings. The van der Waals surface area contributed by atoms with Gasteiger partial charge in [-0.15, -0.1) is 11.3 Å². The third kappa shape index (κ3) is 3.85. The van der Waals surface area contributed by atoms with Crippen molar-refractivity contribution in [3.05, 3.63) is 21.9 Å². The molecule has 2 rings (SSSR count). The van der Waals surface area contributed by atoms with Gasteiger partial charge in [-0.05, 0) is 44.0 Å². The lowest BCUT2D eigenvalue weighted by molar-refractivity contribution is 0.186. The predicted molar refractivity (Wildman–Crippen MR) is 72.0 cm³/mol. The Hall–Kier alpha value is -0.820. The van der Waals surface area contributed by atoms with E-state index in [4.69, 9.17) is 5.11 Å². The summed E-state index contributed by atoms with van der Waals surface area (Å²) >= 11 is 1.74. The summed E-state index contributed by atoms with van der Waals surface area (Å²) in [5.74, 6) is 6.54. The quantitative estimate of drug-likeness (QED) is 0.813. The highest BCUT2D eigenvalue weighted by atomic mass is 32.1. The van der Waals surface area contributed by atoms with E-state index in [1.165, 1.54) is 30.8 Å². The first-order valence-electron chi connectivity index (χ1n) is 6.18. The maximum Gasteiger partial charge on any atom is 0.104 e. The fourth-order valence-corrected chi connectivity index (χ4v) is 3.02. The average Bonchev–Trinajstić information content (AvgIpc) is 2.77. The van der Waals surface area contributed by atoms with Crippen molar-refractivity contribution in [1.29, 1.82) is 0 Å². The van der Waals surface area contributed by atoms with Crippen molar-refractivity contribution in [2.75, 3.05) is 19.7 Å². The zero-order chi connectivity index (χ0) is 12.1. The smallest absolute Gasteiger partial charge is 0.104 e. The second-order valence-electron chi connectivity index (χ2n) is 4.68. The Bertz CT molecular complexity index is 407. The molecule has 0 atom stereocenters. The Kier molecular flexibility index (Phi) is 4.61. The number of likely N-dealkylation sites (tertiary alicyclic amines) is 1. The largest absolute Gasteiger partial charge is 0.384 e. The Morgan fingerprint density at radius 2 is 2.18 bits per heavy atom. The lowest BCUT2D eigenvalue weighted by Gasteiger charge is -2.29. The third-order valence-corrected chi connectivity index (χ3v) is 4.19. The number of rotatable bonds is 2. The van der Waals surface area contributed by atoms with Crippen molar-refractivity contribution >= 4 is 11.3 Å². The summed E-state index contributed by atoms with van der Waals surface area (Å²) in [4.78, 5) is 4.95. The van der Waals surface area contributed by atoms with Crippen LogP contribution in [0, 0.1) is 17.8 Å². The SMILES string of the molecule is CC1CCN(Cc2ccc(C#CCO)s2)CC1. The van der Waals surface area contributed by atoms with Crippen LogP contribution in [0.15, 0.2) is 12.1 Å². The van der Waals surface area contributed by atoms with Crippen LogP contribution >= 0.6 is 11.3 Å². The molecule has 1 N–H and O–H groups in total. The average molecular weight is 249 g/mol. The highest BCUT2D eigenvalue weighted by Crippen LogP contribution is 2.21. The standard InChI is InChI=1S/C14H19NOS/c1-12-6-8-15(9-7-12)11-14-5-4-13(17-14)3-2-10-16/h4-5,12,16H,6-11H2,1H3. The van der Waals surface area contributed by atoms with E-state index in [0.717, 1.165) is 17.3 Å².